The van der Waals surface area contributed by atoms with Crippen LogP contribution in [0.15, 0.2) is 5.51 Å². The van der Waals surface area contributed by atoms with E-state index >= 15 is 0 Å². The SMILES string of the molecule is CC1CCN(Cc2scnc2CC(=O)O)CC1. The third-order valence-electron chi connectivity index (χ3n) is 3.29. The van der Waals surface area contributed by atoms with Crippen molar-refractivity contribution in [2.75, 3.05) is 13.1 Å². The van der Waals surface area contributed by atoms with E-state index in [1.165, 1.54) is 12.8 Å². The van der Waals surface area contributed by atoms with Gasteiger partial charge in [0.1, 0.15) is 0 Å². The molecule has 0 amide bonds. The molecule has 1 saturated heterocycles. The Hall–Kier alpha value is -0.940. The van der Waals surface area contributed by atoms with E-state index in [0.717, 1.165) is 36.1 Å². The summed E-state index contributed by atoms with van der Waals surface area (Å²) in [6.07, 6.45) is 2.53. The second-order valence-corrected chi connectivity index (χ2v) is 5.69. The fourth-order valence-corrected chi connectivity index (χ4v) is 2.96. The number of hydrogen-bond donors (Lipinski definition) is 1. The molecular formula is C12H18N2O2S. The minimum Gasteiger partial charge on any atom is -0.481 e. The molecule has 0 aromatic carbocycles. The van der Waals surface area contributed by atoms with Gasteiger partial charge in [-0.25, -0.2) is 4.98 Å². The Morgan fingerprint density at radius 2 is 2.29 bits per heavy atom. The standard InChI is InChI=1S/C12H18N2O2S/c1-9-2-4-14(5-3-9)7-11-10(6-12(15)16)13-8-17-11/h8-9H,2-7H2,1H3,(H,15,16). The van der Waals surface area contributed by atoms with Gasteiger partial charge < -0.3 is 5.11 Å². The van der Waals surface area contributed by atoms with Gasteiger partial charge in [0, 0.05) is 11.4 Å². The summed E-state index contributed by atoms with van der Waals surface area (Å²) in [7, 11) is 0. The van der Waals surface area contributed by atoms with Gasteiger partial charge >= 0.3 is 5.97 Å². The molecule has 0 spiro atoms. The minimum atomic E-state index is -0.801. The molecule has 0 atom stereocenters. The van der Waals surface area contributed by atoms with Crippen LogP contribution in [0.4, 0.5) is 0 Å². The first-order valence-electron chi connectivity index (χ1n) is 6.00. The second kappa shape index (κ2) is 5.60. The highest BCUT2D eigenvalue weighted by molar-refractivity contribution is 7.09. The summed E-state index contributed by atoms with van der Waals surface area (Å²) < 4.78 is 0. The number of carboxylic acid groups (broad SMARTS) is 1. The van der Waals surface area contributed by atoms with Gasteiger partial charge in [0.2, 0.25) is 0 Å². The summed E-state index contributed by atoms with van der Waals surface area (Å²) in [6, 6.07) is 0. The first-order chi connectivity index (χ1) is 8.15. The van der Waals surface area contributed by atoms with Gasteiger partial charge in [0.25, 0.3) is 0 Å². The Kier molecular flexibility index (Phi) is 4.12. The zero-order valence-corrected chi connectivity index (χ0v) is 10.9. The number of carbonyl (C=O) groups is 1. The first kappa shape index (κ1) is 12.5. The smallest absolute Gasteiger partial charge is 0.309 e. The molecule has 5 heteroatoms. The molecule has 2 heterocycles. The van der Waals surface area contributed by atoms with Crippen molar-refractivity contribution in [2.24, 2.45) is 5.92 Å². The van der Waals surface area contributed by atoms with Gasteiger partial charge in [-0.1, -0.05) is 6.92 Å². The molecular weight excluding hydrogens is 236 g/mol. The summed E-state index contributed by atoms with van der Waals surface area (Å²) in [4.78, 5) is 18.4. The number of aromatic nitrogens is 1. The van der Waals surface area contributed by atoms with Crippen molar-refractivity contribution in [3.8, 4) is 0 Å². The van der Waals surface area contributed by atoms with Crippen molar-refractivity contribution >= 4 is 17.3 Å². The summed E-state index contributed by atoms with van der Waals surface area (Å²) >= 11 is 1.57. The number of thiazole rings is 1. The molecule has 0 saturated carbocycles. The van der Waals surface area contributed by atoms with Crippen molar-refractivity contribution in [3.63, 3.8) is 0 Å². The third-order valence-corrected chi connectivity index (χ3v) is 4.15. The van der Waals surface area contributed by atoms with Gasteiger partial charge in [-0.15, -0.1) is 11.3 Å². The molecule has 1 aliphatic rings. The number of aliphatic carboxylic acids is 1. The first-order valence-corrected chi connectivity index (χ1v) is 6.88. The lowest BCUT2D eigenvalue weighted by atomic mass is 9.99. The van der Waals surface area contributed by atoms with Crippen molar-refractivity contribution < 1.29 is 9.90 Å². The van der Waals surface area contributed by atoms with E-state index in [1.54, 1.807) is 16.8 Å². The summed E-state index contributed by atoms with van der Waals surface area (Å²) in [5, 5.41) is 8.80. The zero-order valence-electron chi connectivity index (χ0n) is 10.1. The predicted molar refractivity (Wildman–Crippen MR) is 67.1 cm³/mol. The fourth-order valence-electron chi connectivity index (χ4n) is 2.13. The van der Waals surface area contributed by atoms with Crippen LogP contribution in [0, 0.1) is 5.92 Å². The van der Waals surface area contributed by atoms with Gasteiger partial charge in [0.05, 0.1) is 17.6 Å². The van der Waals surface area contributed by atoms with Crippen LogP contribution in [-0.4, -0.2) is 34.0 Å². The van der Waals surface area contributed by atoms with Crippen LogP contribution in [0.5, 0.6) is 0 Å². The van der Waals surface area contributed by atoms with Crippen molar-refractivity contribution in [2.45, 2.75) is 32.7 Å². The third kappa shape index (κ3) is 3.51. The van der Waals surface area contributed by atoms with Crippen LogP contribution < -0.4 is 0 Å². The monoisotopic (exact) mass is 254 g/mol. The Bertz CT molecular complexity index is 384. The largest absolute Gasteiger partial charge is 0.481 e. The summed E-state index contributed by atoms with van der Waals surface area (Å²) in [5.74, 6) is 0.0237. The second-order valence-electron chi connectivity index (χ2n) is 4.75. The normalized spacial score (nSPS) is 18.4. The molecule has 1 aromatic heterocycles. The number of carboxylic acids is 1. The topological polar surface area (TPSA) is 53.4 Å². The van der Waals surface area contributed by atoms with Crippen molar-refractivity contribution in [1.29, 1.82) is 0 Å². The molecule has 17 heavy (non-hydrogen) atoms. The lowest BCUT2D eigenvalue weighted by molar-refractivity contribution is -0.136. The number of rotatable bonds is 4. The van der Waals surface area contributed by atoms with E-state index in [-0.39, 0.29) is 6.42 Å². The van der Waals surface area contributed by atoms with Crippen LogP contribution in [0.25, 0.3) is 0 Å². The Labute approximate surface area is 105 Å². The molecule has 1 fully saturated rings. The molecule has 1 aliphatic heterocycles. The van der Waals surface area contributed by atoms with Crippen LogP contribution >= 0.6 is 11.3 Å². The van der Waals surface area contributed by atoms with Crippen molar-refractivity contribution in [1.82, 2.24) is 9.88 Å². The molecule has 1 aromatic rings. The maximum absolute atomic E-state index is 10.7. The maximum atomic E-state index is 10.7. The highest BCUT2D eigenvalue weighted by atomic mass is 32.1. The number of likely N-dealkylation sites (tertiary alicyclic amines) is 1. The highest BCUT2D eigenvalue weighted by Crippen LogP contribution is 2.21. The van der Waals surface area contributed by atoms with E-state index in [0.29, 0.717) is 0 Å². The molecule has 4 nitrogen and oxygen atoms in total. The van der Waals surface area contributed by atoms with E-state index in [2.05, 4.69) is 16.8 Å². The Morgan fingerprint density at radius 1 is 1.59 bits per heavy atom. The lowest BCUT2D eigenvalue weighted by Gasteiger charge is -2.29. The highest BCUT2D eigenvalue weighted by Gasteiger charge is 2.18. The fraction of sp³-hybridized carbons (Fsp3) is 0.667. The van der Waals surface area contributed by atoms with Crippen LogP contribution in [0.2, 0.25) is 0 Å². The average Bonchev–Trinajstić information content (AvgIpc) is 2.68. The van der Waals surface area contributed by atoms with Gasteiger partial charge in [0.15, 0.2) is 0 Å². The molecule has 94 valence electrons. The average molecular weight is 254 g/mol. The van der Waals surface area contributed by atoms with Crippen LogP contribution in [-0.2, 0) is 17.8 Å². The van der Waals surface area contributed by atoms with Crippen LogP contribution in [0.3, 0.4) is 0 Å². The predicted octanol–water partition coefficient (Wildman–Crippen LogP) is 2.00. The molecule has 1 N–H and O–H groups in total. The maximum Gasteiger partial charge on any atom is 0.309 e. The van der Waals surface area contributed by atoms with Crippen LogP contribution in [0.1, 0.15) is 30.3 Å². The molecule has 0 radical (unpaired) electrons. The zero-order chi connectivity index (χ0) is 12.3. The van der Waals surface area contributed by atoms with Gasteiger partial charge in [-0.3, -0.25) is 9.69 Å². The summed E-state index contributed by atoms with van der Waals surface area (Å²) in [5.41, 5.74) is 2.49. The molecule has 0 aliphatic carbocycles. The summed E-state index contributed by atoms with van der Waals surface area (Å²) in [6.45, 7) is 5.39. The van der Waals surface area contributed by atoms with E-state index in [9.17, 15) is 4.79 Å². The molecule has 0 bridgehead atoms. The number of nitrogens with zero attached hydrogens (tertiary/aromatic N) is 2. The minimum absolute atomic E-state index is 0.0447. The molecule has 0 unspecified atom stereocenters. The van der Waals surface area contributed by atoms with E-state index in [4.69, 9.17) is 5.11 Å². The Balaban J connectivity index is 1.94. The number of piperidine rings is 1. The van der Waals surface area contributed by atoms with E-state index in [1.807, 2.05) is 0 Å². The van der Waals surface area contributed by atoms with Crippen molar-refractivity contribution in [3.05, 3.63) is 16.1 Å². The Morgan fingerprint density at radius 3 is 2.94 bits per heavy atom. The van der Waals surface area contributed by atoms with Gasteiger partial charge in [-0.2, -0.15) is 0 Å². The van der Waals surface area contributed by atoms with Gasteiger partial charge in [-0.05, 0) is 31.8 Å². The number of hydrogen-bond acceptors (Lipinski definition) is 4. The molecule has 2 rings (SSSR count). The quantitative estimate of drug-likeness (QED) is 0.893. The van der Waals surface area contributed by atoms with E-state index < -0.39 is 5.97 Å². The lowest BCUT2D eigenvalue weighted by Crippen LogP contribution is -2.32.